The van der Waals surface area contributed by atoms with E-state index in [4.69, 9.17) is 4.74 Å². The zero-order chi connectivity index (χ0) is 14.0. The third-order valence-corrected chi connectivity index (χ3v) is 4.15. The molecule has 0 bridgehead atoms. The molecule has 2 rings (SSSR count). The second kappa shape index (κ2) is 5.92. The molecule has 0 aliphatic carbocycles. The van der Waals surface area contributed by atoms with Gasteiger partial charge in [-0.05, 0) is 38.0 Å². The van der Waals surface area contributed by atoms with E-state index < -0.39 is 5.97 Å². The molecule has 1 fully saturated rings. The second-order valence-corrected chi connectivity index (χ2v) is 5.81. The predicted molar refractivity (Wildman–Crippen MR) is 77.9 cm³/mol. The van der Waals surface area contributed by atoms with Crippen molar-refractivity contribution >= 4 is 27.6 Å². The molecule has 1 aliphatic rings. The number of aromatic carboxylic acids is 1. The van der Waals surface area contributed by atoms with Crippen LogP contribution in [0.2, 0.25) is 0 Å². The average molecular weight is 328 g/mol. The third kappa shape index (κ3) is 3.09. The molecule has 5 heteroatoms. The van der Waals surface area contributed by atoms with Crippen molar-refractivity contribution in [3.63, 3.8) is 0 Å². The molecule has 0 aromatic heterocycles. The topological polar surface area (TPSA) is 49.8 Å². The number of anilines is 1. The Morgan fingerprint density at radius 1 is 1.53 bits per heavy atom. The highest BCUT2D eigenvalue weighted by Crippen LogP contribution is 2.31. The largest absolute Gasteiger partial charge is 0.478 e. The summed E-state index contributed by atoms with van der Waals surface area (Å²) >= 11 is 3.41. The summed E-state index contributed by atoms with van der Waals surface area (Å²) < 4.78 is 6.29. The Morgan fingerprint density at radius 3 is 2.84 bits per heavy atom. The van der Waals surface area contributed by atoms with Crippen LogP contribution in [0, 0.1) is 0 Å². The van der Waals surface area contributed by atoms with E-state index in [0.29, 0.717) is 5.56 Å². The summed E-state index contributed by atoms with van der Waals surface area (Å²) in [6.07, 6.45) is 2.11. The molecule has 104 valence electrons. The molecule has 2 atom stereocenters. The molecule has 0 spiro atoms. The fourth-order valence-corrected chi connectivity index (χ4v) is 2.97. The molecule has 1 aromatic carbocycles. The fourth-order valence-electron chi connectivity index (χ4n) is 2.62. The van der Waals surface area contributed by atoms with Crippen LogP contribution in [-0.4, -0.2) is 36.9 Å². The minimum Gasteiger partial charge on any atom is -0.478 e. The first kappa shape index (κ1) is 14.3. The van der Waals surface area contributed by atoms with Gasteiger partial charge in [0.15, 0.2) is 0 Å². The Morgan fingerprint density at radius 2 is 2.26 bits per heavy atom. The van der Waals surface area contributed by atoms with Gasteiger partial charge in [0.25, 0.3) is 0 Å². The van der Waals surface area contributed by atoms with Gasteiger partial charge in [-0.1, -0.05) is 15.9 Å². The lowest BCUT2D eigenvalue weighted by Crippen LogP contribution is -2.43. The normalized spacial score (nSPS) is 23.4. The lowest BCUT2D eigenvalue weighted by atomic mass is 9.98. The summed E-state index contributed by atoms with van der Waals surface area (Å²) in [6.45, 7) is 2.92. The Bertz CT molecular complexity index is 478. The summed E-state index contributed by atoms with van der Waals surface area (Å²) in [4.78, 5) is 13.5. The van der Waals surface area contributed by atoms with Gasteiger partial charge < -0.3 is 14.7 Å². The highest BCUT2D eigenvalue weighted by molar-refractivity contribution is 9.10. The number of nitrogens with zero attached hydrogens (tertiary/aromatic N) is 1. The van der Waals surface area contributed by atoms with E-state index in [1.807, 2.05) is 6.07 Å². The molecule has 1 aliphatic heterocycles. The van der Waals surface area contributed by atoms with Crippen LogP contribution in [0.5, 0.6) is 0 Å². The molecule has 1 heterocycles. The molecule has 1 saturated heterocycles. The summed E-state index contributed by atoms with van der Waals surface area (Å²) in [5, 5.41) is 9.30. The molecular weight excluding hydrogens is 310 g/mol. The van der Waals surface area contributed by atoms with Crippen molar-refractivity contribution in [3.8, 4) is 0 Å². The van der Waals surface area contributed by atoms with Crippen LogP contribution in [-0.2, 0) is 4.74 Å². The van der Waals surface area contributed by atoms with Crippen molar-refractivity contribution in [2.75, 3.05) is 18.6 Å². The Kier molecular flexibility index (Phi) is 4.47. The molecule has 1 N–H and O–H groups in total. The van der Waals surface area contributed by atoms with E-state index in [1.165, 1.54) is 0 Å². The zero-order valence-corrected chi connectivity index (χ0v) is 12.7. The smallest absolute Gasteiger partial charge is 0.337 e. The van der Waals surface area contributed by atoms with Gasteiger partial charge in [0.2, 0.25) is 0 Å². The molecule has 0 radical (unpaired) electrons. The van der Waals surface area contributed by atoms with Gasteiger partial charge in [0, 0.05) is 24.2 Å². The van der Waals surface area contributed by atoms with Crippen LogP contribution in [0.15, 0.2) is 22.7 Å². The zero-order valence-electron chi connectivity index (χ0n) is 11.1. The molecule has 4 nitrogen and oxygen atoms in total. The van der Waals surface area contributed by atoms with Crippen molar-refractivity contribution in [2.45, 2.75) is 31.9 Å². The van der Waals surface area contributed by atoms with Gasteiger partial charge in [-0.3, -0.25) is 0 Å². The summed E-state index contributed by atoms with van der Waals surface area (Å²) in [5.41, 5.74) is 1.13. The monoisotopic (exact) mass is 327 g/mol. The maximum atomic E-state index is 11.3. The second-order valence-electron chi connectivity index (χ2n) is 4.89. The quantitative estimate of drug-likeness (QED) is 0.926. The van der Waals surface area contributed by atoms with Crippen molar-refractivity contribution in [1.82, 2.24) is 0 Å². The number of benzene rings is 1. The van der Waals surface area contributed by atoms with E-state index in [9.17, 15) is 9.90 Å². The number of hydrogen-bond donors (Lipinski definition) is 1. The van der Waals surface area contributed by atoms with Crippen LogP contribution in [0.3, 0.4) is 0 Å². The maximum absolute atomic E-state index is 11.3. The van der Waals surface area contributed by atoms with Gasteiger partial charge in [-0.2, -0.15) is 0 Å². The maximum Gasteiger partial charge on any atom is 0.337 e. The van der Waals surface area contributed by atoms with Crippen molar-refractivity contribution < 1.29 is 14.6 Å². The predicted octanol–water partition coefficient (Wildman–Crippen LogP) is 3.15. The average Bonchev–Trinajstić information content (AvgIpc) is 2.38. The highest BCUT2D eigenvalue weighted by atomic mass is 79.9. The van der Waals surface area contributed by atoms with Gasteiger partial charge in [-0.15, -0.1) is 0 Å². The number of ether oxygens (including phenoxy) is 1. The lowest BCUT2D eigenvalue weighted by molar-refractivity contribution is 0.0691. The molecule has 1 aromatic rings. The first-order valence-electron chi connectivity index (χ1n) is 6.35. The minimum absolute atomic E-state index is 0.270. The SMILES string of the molecule is COC1CCN(c2cc(Br)ccc2C(=O)O)C(C)C1. The van der Waals surface area contributed by atoms with Gasteiger partial charge >= 0.3 is 5.97 Å². The minimum atomic E-state index is -0.886. The number of rotatable bonds is 3. The summed E-state index contributed by atoms with van der Waals surface area (Å²) in [5.74, 6) is -0.886. The fraction of sp³-hybridized carbons (Fsp3) is 0.500. The number of carboxylic acids is 1. The van der Waals surface area contributed by atoms with Crippen molar-refractivity contribution in [2.24, 2.45) is 0 Å². The number of hydrogen-bond acceptors (Lipinski definition) is 3. The van der Waals surface area contributed by atoms with Gasteiger partial charge in [0.1, 0.15) is 0 Å². The third-order valence-electron chi connectivity index (χ3n) is 3.66. The number of carbonyl (C=O) groups is 1. The number of piperidine rings is 1. The van der Waals surface area contributed by atoms with Gasteiger partial charge in [-0.25, -0.2) is 4.79 Å². The lowest BCUT2D eigenvalue weighted by Gasteiger charge is -2.39. The van der Waals surface area contributed by atoms with Crippen LogP contribution in [0.4, 0.5) is 5.69 Å². The van der Waals surface area contributed by atoms with E-state index in [0.717, 1.165) is 29.5 Å². The molecule has 0 saturated carbocycles. The molecular formula is C14H18BrNO3. The first-order chi connectivity index (χ1) is 9.02. The number of halogens is 1. The molecule has 2 unspecified atom stereocenters. The molecule has 19 heavy (non-hydrogen) atoms. The van der Waals surface area contributed by atoms with E-state index in [-0.39, 0.29) is 12.1 Å². The van der Waals surface area contributed by atoms with E-state index in [2.05, 4.69) is 27.8 Å². The molecule has 0 amide bonds. The van der Waals surface area contributed by atoms with Crippen LogP contribution in [0.25, 0.3) is 0 Å². The van der Waals surface area contributed by atoms with Crippen LogP contribution >= 0.6 is 15.9 Å². The Labute approximate surface area is 121 Å². The van der Waals surface area contributed by atoms with Gasteiger partial charge in [0.05, 0.1) is 17.4 Å². The Hall–Kier alpha value is -1.07. The van der Waals surface area contributed by atoms with Crippen LogP contribution in [0.1, 0.15) is 30.1 Å². The van der Waals surface area contributed by atoms with E-state index in [1.54, 1.807) is 19.2 Å². The van der Waals surface area contributed by atoms with Crippen LogP contribution < -0.4 is 4.90 Å². The summed E-state index contributed by atoms with van der Waals surface area (Å²) in [7, 11) is 1.73. The first-order valence-corrected chi connectivity index (χ1v) is 7.14. The number of carboxylic acid groups (broad SMARTS) is 1. The van der Waals surface area contributed by atoms with Crippen molar-refractivity contribution in [3.05, 3.63) is 28.2 Å². The number of methoxy groups -OCH3 is 1. The van der Waals surface area contributed by atoms with E-state index >= 15 is 0 Å². The van der Waals surface area contributed by atoms with Crippen molar-refractivity contribution in [1.29, 1.82) is 0 Å². The highest BCUT2D eigenvalue weighted by Gasteiger charge is 2.28. The Balaban J connectivity index is 2.31. The standard InChI is InChI=1S/C14H18BrNO3/c1-9-7-11(19-2)5-6-16(9)13-8-10(15)3-4-12(13)14(17)18/h3-4,8-9,11H,5-7H2,1-2H3,(H,17,18). The summed E-state index contributed by atoms with van der Waals surface area (Å²) in [6, 6.07) is 5.56.